The molecule has 1 aliphatic heterocycles. The van der Waals surface area contributed by atoms with Crippen LogP contribution in [0.5, 0.6) is 0 Å². The van der Waals surface area contributed by atoms with Crippen LogP contribution in [0.2, 0.25) is 0 Å². The fourth-order valence-electron chi connectivity index (χ4n) is 3.77. The molecule has 4 heterocycles. The Hall–Kier alpha value is -2.77. The van der Waals surface area contributed by atoms with Gasteiger partial charge in [0, 0.05) is 32.8 Å². The number of aromatic nitrogens is 5. The molecule has 2 unspecified atom stereocenters. The molecule has 0 bridgehead atoms. The molecule has 10 nitrogen and oxygen atoms in total. The number of piperidine rings is 1. The Morgan fingerprint density at radius 1 is 1.25 bits per heavy atom. The molecule has 32 heavy (non-hydrogen) atoms. The Balaban J connectivity index is 1.62. The zero-order valence-electron chi connectivity index (χ0n) is 17.5. The van der Waals surface area contributed by atoms with Gasteiger partial charge < -0.3 is 9.64 Å². The molecule has 1 fully saturated rings. The van der Waals surface area contributed by atoms with Crippen molar-refractivity contribution in [3.8, 4) is 11.4 Å². The van der Waals surface area contributed by atoms with E-state index in [1.807, 2.05) is 4.90 Å². The van der Waals surface area contributed by atoms with Gasteiger partial charge in [-0.1, -0.05) is 0 Å². The molecule has 1 saturated heterocycles. The molecular formula is C19H23F2N7O3S. The largest absolute Gasteiger partial charge is 0.380 e. The van der Waals surface area contributed by atoms with E-state index in [0.717, 1.165) is 6.26 Å². The summed E-state index contributed by atoms with van der Waals surface area (Å²) in [6.07, 6.45) is 1.95. The third-order valence-corrected chi connectivity index (χ3v) is 6.00. The molecule has 4 rings (SSSR count). The summed E-state index contributed by atoms with van der Waals surface area (Å²) >= 11 is 0. The molecule has 3 aromatic heterocycles. The lowest BCUT2D eigenvalue weighted by atomic mass is 9.96. The monoisotopic (exact) mass is 467 g/mol. The number of alkyl halides is 2. The SMILES string of the molecule is COC1CC(CNS(C)(=O)=O)CN(c2cc(-c3cnc4ccc(C(F)F)nn34)ncn2)C1. The first-order valence-electron chi connectivity index (χ1n) is 9.91. The van der Waals surface area contributed by atoms with Crippen molar-refractivity contribution in [1.29, 1.82) is 0 Å². The second kappa shape index (κ2) is 9.00. The third kappa shape index (κ3) is 5.00. The van der Waals surface area contributed by atoms with Crippen LogP contribution in [-0.4, -0.2) is 72.1 Å². The van der Waals surface area contributed by atoms with Gasteiger partial charge in [-0.3, -0.25) is 0 Å². The molecule has 0 aliphatic carbocycles. The van der Waals surface area contributed by atoms with Gasteiger partial charge in [0.2, 0.25) is 10.0 Å². The van der Waals surface area contributed by atoms with Gasteiger partial charge in [0.25, 0.3) is 6.43 Å². The predicted molar refractivity (Wildman–Crippen MR) is 113 cm³/mol. The number of hydrogen-bond acceptors (Lipinski definition) is 8. The van der Waals surface area contributed by atoms with Crippen LogP contribution in [0.4, 0.5) is 14.6 Å². The van der Waals surface area contributed by atoms with Crippen molar-refractivity contribution >= 4 is 21.5 Å². The minimum Gasteiger partial charge on any atom is -0.380 e. The topological polar surface area (TPSA) is 115 Å². The first kappa shape index (κ1) is 22.4. The van der Waals surface area contributed by atoms with Crippen LogP contribution in [0.1, 0.15) is 18.5 Å². The molecule has 0 spiro atoms. The summed E-state index contributed by atoms with van der Waals surface area (Å²) < 4.78 is 58.6. The maximum atomic E-state index is 13.1. The average Bonchev–Trinajstić information content (AvgIpc) is 3.20. The summed E-state index contributed by atoms with van der Waals surface area (Å²) in [6.45, 7) is 1.43. The zero-order valence-corrected chi connectivity index (χ0v) is 18.3. The third-order valence-electron chi connectivity index (χ3n) is 5.31. The fourth-order valence-corrected chi connectivity index (χ4v) is 4.30. The van der Waals surface area contributed by atoms with E-state index in [9.17, 15) is 17.2 Å². The smallest absolute Gasteiger partial charge is 0.282 e. The van der Waals surface area contributed by atoms with E-state index in [2.05, 4.69) is 24.8 Å². The number of rotatable bonds is 7. The summed E-state index contributed by atoms with van der Waals surface area (Å²) in [6, 6.07) is 4.46. The molecular weight excluding hydrogens is 444 g/mol. The van der Waals surface area contributed by atoms with E-state index in [1.54, 1.807) is 13.2 Å². The standard InChI is InChI=1S/C19H23F2N7O3S/c1-31-13-5-12(7-25-32(2,29)30)9-27(10-13)18-6-15(23-11-24-18)16-8-22-17-4-3-14(19(20)21)26-28(16)17/h3-4,6,8,11-13,19,25H,5,7,9-10H2,1-2H3. The quantitative estimate of drug-likeness (QED) is 0.556. The van der Waals surface area contributed by atoms with Crippen LogP contribution in [-0.2, 0) is 14.8 Å². The minimum atomic E-state index is -3.30. The summed E-state index contributed by atoms with van der Waals surface area (Å²) in [4.78, 5) is 14.9. The van der Waals surface area contributed by atoms with Crippen molar-refractivity contribution in [3.05, 3.63) is 36.4 Å². The highest BCUT2D eigenvalue weighted by Gasteiger charge is 2.29. The highest BCUT2D eigenvalue weighted by atomic mass is 32.2. The van der Waals surface area contributed by atoms with E-state index >= 15 is 0 Å². The number of nitrogens with zero attached hydrogens (tertiary/aromatic N) is 6. The zero-order chi connectivity index (χ0) is 22.9. The number of anilines is 1. The van der Waals surface area contributed by atoms with Crippen LogP contribution < -0.4 is 9.62 Å². The molecule has 1 aliphatic rings. The average molecular weight is 468 g/mol. The Morgan fingerprint density at radius 3 is 2.78 bits per heavy atom. The van der Waals surface area contributed by atoms with Gasteiger partial charge in [-0.2, -0.15) is 5.10 Å². The van der Waals surface area contributed by atoms with Gasteiger partial charge in [-0.05, 0) is 24.5 Å². The van der Waals surface area contributed by atoms with Crippen LogP contribution in [0, 0.1) is 5.92 Å². The maximum Gasteiger partial charge on any atom is 0.282 e. The number of halogens is 2. The molecule has 13 heteroatoms. The number of methoxy groups -OCH3 is 1. The van der Waals surface area contributed by atoms with Crippen molar-refractivity contribution in [2.45, 2.75) is 19.0 Å². The lowest BCUT2D eigenvalue weighted by Crippen LogP contribution is -2.47. The van der Waals surface area contributed by atoms with E-state index in [4.69, 9.17) is 4.74 Å². The van der Waals surface area contributed by atoms with E-state index in [1.165, 1.54) is 29.2 Å². The molecule has 172 valence electrons. The number of ether oxygens (including phenoxy) is 1. The van der Waals surface area contributed by atoms with E-state index in [-0.39, 0.29) is 17.7 Å². The summed E-state index contributed by atoms with van der Waals surface area (Å²) in [5.74, 6) is 0.633. The Morgan fingerprint density at radius 2 is 2.06 bits per heavy atom. The molecule has 0 amide bonds. The minimum absolute atomic E-state index is 0.0212. The summed E-state index contributed by atoms with van der Waals surface area (Å²) in [5.41, 5.74) is 1.01. The van der Waals surface area contributed by atoms with Crippen molar-refractivity contribution in [2.24, 2.45) is 5.92 Å². The van der Waals surface area contributed by atoms with E-state index < -0.39 is 16.4 Å². The second-order valence-corrected chi connectivity index (χ2v) is 9.55. The normalized spacial score (nSPS) is 19.7. The van der Waals surface area contributed by atoms with Gasteiger partial charge in [0.15, 0.2) is 5.65 Å². The second-order valence-electron chi connectivity index (χ2n) is 7.72. The molecule has 0 saturated carbocycles. The highest BCUT2D eigenvalue weighted by molar-refractivity contribution is 7.88. The van der Waals surface area contributed by atoms with Crippen LogP contribution in [0.15, 0.2) is 30.7 Å². The van der Waals surface area contributed by atoms with Gasteiger partial charge >= 0.3 is 0 Å². The van der Waals surface area contributed by atoms with Crippen molar-refractivity contribution < 1.29 is 21.9 Å². The Kier molecular flexibility index (Phi) is 6.31. The number of imidazole rings is 1. The molecule has 3 aromatic rings. The first-order chi connectivity index (χ1) is 15.2. The lowest BCUT2D eigenvalue weighted by Gasteiger charge is -2.37. The van der Waals surface area contributed by atoms with Gasteiger partial charge in [-0.25, -0.2) is 41.4 Å². The number of hydrogen-bond donors (Lipinski definition) is 1. The molecule has 1 N–H and O–H groups in total. The van der Waals surface area contributed by atoms with Crippen molar-refractivity contribution in [3.63, 3.8) is 0 Å². The summed E-state index contributed by atoms with van der Waals surface area (Å²) in [7, 11) is -1.69. The van der Waals surface area contributed by atoms with Crippen LogP contribution in [0.25, 0.3) is 17.0 Å². The van der Waals surface area contributed by atoms with Gasteiger partial charge in [-0.15, -0.1) is 0 Å². The van der Waals surface area contributed by atoms with Crippen molar-refractivity contribution in [1.82, 2.24) is 29.3 Å². The van der Waals surface area contributed by atoms with E-state index in [0.29, 0.717) is 48.9 Å². The number of fused-ring (bicyclic) bond motifs is 1. The van der Waals surface area contributed by atoms with Crippen molar-refractivity contribution in [2.75, 3.05) is 37.9 Å². The number of sulfonamides is 1. The molecule has 2 atom stereocenters. The molecule has 0 aromatic carbocycles. The molecule has 0 radical (unpaired) electrons. The maximum absolute atomic E-state index is 13.1. The summed E-state index contributed by atoms with van der Waals surface area (Å²) in [5, 5.41) is 3.98. The number of nitrogens with one attached hydrogen (secondary N) is 1. The lowest BCUT2D eigenvalue weighted by molar-refractivity contribution is 0.0720. The Bertz CT molecular complexity index is 1200. The highest BCUT2D eigenvalue weighted by Crippen LogP contribution is 2.27. The Labute approximate surface area is 183 Å². The van der Waals surface area contributed by atoms with Crippen LogP contribution in [0.3, 0.4) is 0 Å². The first-order valence-corrected chi connectivity index (χ1v) is 11.8. The van der Waals surface area contributed by atoms with Crippen LogP contribution >= 0.6 is 0 Å². The predicted octanol–water partition coefficient (Wildman–Crippen LogP) is 1.51. The van der Waals surface area contributed by atoms with Gasteiger partial charge in [0.1, 0.15) is 23.5 Å². The van der Waals surface area contributed by atoms with Gasteiger partial charge in [0.05, 0.1) is 24.3 Å². The fraction of sp³-hybridized carbons (Fsp3) is 0.474.